The van der Waals surface area contributed by atoms with Crippen LogP contribution in [0.1, 0.15) is 35.1 Å². The predicted molar refractivity (Wildman–Crippen MR) is 296 cm³/mol. The molecule has 2 heterocycles. The van der Waals surface area contributed by atoms with E-state index >= 15 is 0 Å². The molecular formula is C55H64N8O3P2S. The number of carbonyl (C=O) groups is 1. The number of anilines is 6. The zero-order chi connectivity index (χ0) is 47.5. The third-order valence-corrected chi connectivity index (χ3v) is 16.2. The maximum Gasteiger partial charge on any atom is 0.249 e. The smallest absolute Gasteiger partial charge is 0.249 e. The third-order valence-electron chi connectivity index (χ3n) is 11.2. The summed E-state index contributed by atoms with van der Waals surface area (Å²) in [5, 5.41) is 13.8. The van der Waals surface area contributed by atoms with Crippen LogP contribution in [-0.2, 0) is 13.8 Å². The second-order valence-electron chi connectivity index (χ2n) is 17.6. The van der Waals surface area contributed by atoms with Crippen LogP contribution in [0.5, 0.6) is 0 Å². The summed E-state index contributed by atoms with van der Waals surface area (Å²) in [6.07, 6.45) is 0. The van der Waals surface area contributed by atoms with Crippen LogP contribution < -0.4 is 39.9 Å². The second kappa shape index (κ2) is 23.4. The number of nitrogens with zero attached hydrogens (tertiary/aromatic N) is 4. The quantitative estimate of drug-likeness (QED) is 0.0422. The molecule has 0 saturated carbocycles. The van der Waals surface area contributed by atoms with E-state index < -0.39 is 28.1 Å². The van der Waals surface area contributed by atoms with Gasteiger partial charge in [0.2, 0.25) is 22.7 Å². The Morgan fingerprint density at radius 3 is 1.25 bits per heavy atom. The lowest BCUT2D eigenvalue weighted by Gasteiger charge is -2.38. The highest BCUT2D eigenvalue weighted by Gasteiger charge is 2.41. The van der Waals surface area contributed by atoms with Crippen LogP contribution in [0.2, 0.25) is 0 Å². The van der Waals surface area contributed by atoms with Crippen LogP contribution >= 0.6 is 29.1 Å². The number of thiocarbonyl (C=S) groups is 1. The third kappa shape index (κ3) is 13.1. The van der Waals surface area contributed by atoms with Gasteiger partial charge >= 0.3 is 0 Å². The molecule has 3 aliphatic rings. The van der Waals surface area contributed by atoms with Crippen LogP contribution in [0, 0.1) is 0 Å². The first kappa shape index (κ1) is 50.6. The summed E-state index contributed by atoms with van der Waals surface area (Å²) in [5.74, 6) is -0.0624. The second-order valence-corrected chi connectivity index (χ2v) is 21.3. The number of rotatable bonds is 16. The molecule has 0 aromatic heterocycles. The highest BCUT2D eigenvalue weighted by molar-refractivity contribution is 7.80. The minimum Gasteiger partial charge on any atom is -0.377 e. The number of nitrogens with one attached hydrogen (secondary N) is 4. The summed E-state index contributed by atoms with van der Waals surface area (Å²) < 4.78 is 23.1. The minimum absolute atomic E-state index is 0. The molecular weight excluding hydrogens is 915 g/mol. The van der Waals surface area contributed by atoms with Gasteiger partial charge in [-0.1, -0.05) is 123 Å². The molecule has 0 unspecified atom stereocenters. The number of benzene rings is 6. The monoisotopic (exact) mass is 978 g/mol. The molecule has 2 aliphatic heterocycles. The highest BCUT2D eigenvalue weighted by Crippen LogP contribution is 2.57. The van der Waals surface area contributed by atoms with Gasteiger partial charge in [-0.2, -0.15) is 0 Å². The zero-order valence-corrected chi connectivity index (χ0v) is 41.7. The maximum absolute atomic E-state index is 12.6. The van der Waals surface area contributed by atoms with E-state index in [0.29, 0.717) is 29.5 Å². The normalized spacial score (nSPS) is 15.2. The summed E-state index contributed by atoms with van der Waals surface area (Å²) in [5.41, 5.74) is 7.36. The van der Waals surface area contributed by atoms with Crippen molar-refractivity contribution in [1.82, 2.24) is 10.6 Å². The molecule has 4 N–H and O–H groups in total. The molecule has 11 nitrogen and oxygen atoms in total. The zero-order valence-electron chi connectivity index (χ0n) is 39.1. The molecule has 0 atom stereocenters. The van der Waals surface area contributed by atoms with Crippen molar-refractivity contribution in [2.75, 3.05) is 68.6 Å². The minimum atomic E-state index is -1.11. The topological polar surface area (TPSA) is 96.6 Å². The van der Waals surface area contributed by atoms with Crippen molar-refractivity contribution in [1.29, 1.82) is 0 Å². The number of carbonyl (C=O) groups excluding carboxylic acids is 1. The lowest BCUT2D eigenvalue weighted by molar-refractivity contribution is -0.113. The lowest BCUT2D eigenvalue weighted by atomic mass is 9.92. The van der Waals surface area contributed by atoms with Crippen molar-refractivity contribution in [2.24, 2.45) is 0 Å². The molecule has 1 aliphatic carbocycles. The molecule has 0 bridgehead atoms. The number of Topliss-reactive ketones (excluding diaryl/α,β-unsaturated/α-hetero) is 1. The lowest BCUT2D eigenvalue weighted by Crippen LogP contribution is -2.43. The Morgan fingerprint density at radius 1 is 0.536 bits per heavy atom. The average molecular weight is 979 g/mol. The van der Waals surface area contributed by atoms with Crippen molar-refractivity contribution >= 4 is 74.1 Å². The first-order chi connectivity index (χ1) is 32.9. The van der Waals surface area contributed by atoms with Gasteiger partial charge < -0.3 is 49.0 Å². The van der Waals surface area contributed by atoms with E-state index in [2.05, 4.69) is 171 Å². The number of hydrogen-bond donors (Lipinski definition) is 4. The SMILES string of the molecule is C.C=C1C(=O)C(NCC(C)(C)OP2N(c3ccccc3)CCN2c2ccccc2)=C1Nc1ccccc1.CC(C)(CNC(=S)Nc1ccccc1)OP1N(c2ccccc2)CCN1c1ccccc1. The summed E-state index contributed by atoms with van der Waals surface area (Å²) in [6, 6.07) is 61.6. The first-order valence-electron chi connectivity index (χ1n) is 22.9. The molecule has 6 aromatic rings. The standard InChI is InChI=1S/C29H31N4O2P.C25H29N4OPS.CH4/c1-22-26(31-23-13-7-4-8-14-23)27(28(22)34)30-21-29(2,3)35-36-32(24-15-9-5-10-16-24)19-20-33(36)25-17-11-6-12-18-25;1-25(2,20-26-24(32)27-21-12-6-3-7-13-21)30-31-28(22-14-8-4-9-15-22)18-19-29(31)23-16-10-5-11-17-23;/h4-18,30-31H,1,19-21H2,2-3H3;3-17H,18-20H2,1-2H3,(H2,26,27,32);1H4. The number of para-hydroxylation sites is 6. The Bertz CT molecular complexity index is 2540. The van der Waals surface area contributed by atoms with Gasteiger partial charge in [0.25, 0.3) is 0 Å². The van der Waals surface area contributed by atoms with Crippen molar-refractivity contribution in [3.8, 4) is 0 Å². The molecule has 6 aromatic carbocycles. The molecule has 0 radical (unpaired) electrons. The fraction of sp³-hybridized carbons (Fsp3) is 0.236. The highest BCUT2D eigenvalue weighted by atomic mass is 32.1. The Labute approximate surface area is 417 Å². The number of allylic oxidation sites excluding steroid dienone is 2. The molecule has 9 rings (SSSR count). The number of ketones is 1. The Kier molecular flexibility index (Phi) is 17.1. The summed E-state index contributed by atoms with van der Waals surface area (Å²) in [7, 11) is -2.14. The van der Waals surface area contributed by atoms with E-state index in [-0.39, 0.29) is 13.2 Å². The molecule has 2 saturated heterocycles. The van der Waals surface area contributed by atoms with Gasteiger partial charge in [-0.05, 0) is 113 Å². The summed E-state index contributed by atoms with van der Waals surface area (Å²) in [4.78, 5) is 12.6. The van der Waals surface area contributed by atoms with E-state index in [9.17, 15) is 4.79 Å². The van der Waals surface area contributed by atoms with Crippen LogP contribution in [-0.4, -0.2) is 61.4 Å². The van der Waals surface area contributed by atoms with Crippen LogP contribution in [0.4, 0.5) is 34.1 Å². The van der Waals surface area contributed by atoms with Crippen molar-refractivity contribution < 1.29 is 13.8 Å². The van der Waals surface area contributed by atoms with Crippen LogP contribution in [0.15, 0.2) is 206 Å². The number of hydrogen-bond acceptors (Lipinski definition) is 10. The van der Waals surface area contributed by atoms with E-state index in [1.807, 2.05) is 84.9 Å². The maximum atomic E-state index is 12.6. The summed E-state index contributed by atoms with van der Waals surface area (Å²) in [6.45, 7) is 16.9. The fourth-order valence-corrected chi connectivity index (χ4v) is 12.2. The first-order valence-corrected chi connectivity index (χ1v) is 25.6. The van der Waals surface area contributed by atoms with E-state index in [0.717, 1.165) is 54.6 Å². The van der Waals surface area contributed by atoms with Crippen LogP contribution in [0.3, 0.4) is 0 Å². The van der Waals surface area contributed by atoms with Gasteiger partial charge in [-0.15, -0.1) is 0 Å². The van der Waals surface area contributed by atoms with E-state index in [1.54, 1.807) is 0 Å². The van der Waals surface area contributed by atoms with Gasteiger partial charge in [0.05, 0.1) is 16.9 Å². The van der Waals surface area contributed by atoms with Gasteiger partial charge in [-0.25, -0.2) is 0 Å². The molecule has 358 valence electrons. The van der Waals surface area contributed by atoms with Gasteiger partial charge in [-0.3, -0.25) is 4.79 Å². The molecule has 0 amide bonds. The Balaban J connectivity index is 0.000000202. The fourth-order valence-electron chi connectivity index (χ4n) is 7.73. The van der Waals surface area contributed by atoms with Crippen molar-refractivity contribution in [3.05, 3.63) is 206 Å². The summed E-state index contributed by atoms with van der Waals surface area (Å²) >= 11 is 5.49. The van der Waals surface area contributed by atoms with Gasteiger partial charge in [0.15, 0.2) is 5.11 Å². The predicted octanol–water partition coefficient (Wildman–Crippen LogP) is 12.7. The van der Waals surface area contributed by atoms with E-state index in [4.69, 9.17) is 21.3 Å². The van der Waals surface area contributed by atoms with Crippen molar-refractivity contribution in [3.63, 3.8) is 0 Å². The Hall–Kier alpha value is -6.26. The van der Waals surface area contributed by atoms with Gasteiger partial charge in [0, 0.05) is 79.0 Å². The average Bonchev–Trinajstić information content (AvgIpc) is 3.98. The van der Waals surface area contributed by atoms with E-state index in [1.165, 1.54) is 11.4 Å². The largest absolute Gasteiger partial charge is 0.377 e. The van der Waals surface area contributed by atoms with Crippen molar-refractivity contribution in [2.45, 2.75) is 46.3 Å². The molecule has 0 spiro atoms. The van der Waals surface area contributed by atoms with Crippen LogP contribution in [0.25, 0.3) is 0 Å². The molecule has 14 heteroatoms. The Morgan fingerprint density at radius 2 is 0.870 bits per heavy atom. The molecule has 69 heavy (non-hydrogen) atoms. The molecule has 2 fully saturated rings. The van der Waals surface area contributed by atoms with Gasteiger partial charge in [0.1, 0.15) is 5.70 Å².